The molecule has 0 aromatic heterocycles. The van der Waals surface area contributed by atoms with Crippen LogP contribution in [-0.2, 0) is 4.74 Å². The molecule has 0 radical (unpaired) electrons. The summed E-state index contributed by atoms with van der Waals surface area (Å²) in [5, 5.41) is 0. The minimum atomic E-state index is 0.772. The van der Waals surface area contributed by atoms with Crippen LogP contribution in [0.5, 0.6) is 0 Å². The smallest absolute Gasteiger partial charge is 0.0594 e. The third kappa shape index (κ3) is 5.36. The van der Waals surface area contributed by atoms with Crippen molar-refractivity contribution in [1.29, 1.82) is 0 Å². The average Bonchev–Trinajstić information content (AvgIpc) is 2.74. The van der Waals surface area contributed by atoms with Crippen LogP contribution in [0, 0.1) is 5.92 Å². The fourth-order valence-corrected chi connectivity index (χ4v) is 2.57. The lowest BCUT2D eigenvalue weighted by Crippen LogP contribution is -2.46. The minimum absolute atomic E-state index is 0.772. The summed E-state index contributed by atoms with van der Waals surface area (Å²) in [5.74, 6) is 0.822. The summed E-state index contributed by atoms with van der Waals surface area (Å²) in [6.07, 6.45) is 0. The largest absolute Gasteiger partial charge is 0.379 e. The molecule has 3 nitrogen and oxygen atoms in total. The van der Waals surface area contributed by atoms with Gasteiger partial charge < -0.3 is 9.64 Å². The Bertz CT molecular complexity index is 170. The highest BCUT2D eigenvalue weighted by molar-refractivity contribution is 4.87. The van der Waals surface area contributed by atoms with Crippen molar-refractivity contribution in [3.63, 3.8) is 0 Å². The molecule has 0 amide bonds. The Labute approximate surface area is 108 Å². The van der Waals surface area contributed by atoms with Crippen molar-refractivity contribution >= 4 is 0 Å². The van der Waals surface area contributed by atoms with Crippen molar-refractivity contribution in [1.82, 2.24) is 9.80 Å². The summed E-state index contributed by atoms with van der Waals surface area (Å²) < 4.78 is 5.37. The molecular formula is C14H32N2O. The molecule has 2 saturated heterocycles. The van der Waals surface area contributed by atoms with Crippen LogP contribution in [-0.4, -0.2) is 62.3 Å². The zero-order chi connectivity index (χ0) is 13.3. The lowest BCUT2D eigenvalue weighted by atomic mass is 10.0. The summed E-state index contributed by atoms with van der Waals surface area (Å²) in [4.78, 5) is 5.03. The Kier molecular flexibility index (Phi) is 9.79. The number of rotatable bonds is 1. The highest BCUT2D eigenvalue weighted by atomic mass is 16.5. The number of ether oxygens (including phenoxy) is 1. The molecule has 0 saturated carbocycles. The third-order valence-corrected chi connectivity index (χ3v) is 3.27. The van der Waals surface area contributed by atoms with Gasteiger partial charge in [0.25, 0.3) is 0 Å². The van der Waals surface area contributed by atoms with E-state index in [1.807, 2.05) is 27.7 Å². The predicted octanol–water partition coefficient (Wildman–Crippen LogP) is 2.32. The van der Waals surface area contributed by atoms with Gasteiger partial charge in [0.05, 0.1) is 13.2 Å². The fourth-order valence-electron chi connectivity index (χ4n) is 2.57. The predicted molar refractivity (Wildman–Crippen MR) is 75.5 cm³/mol. The normalized spacial score (nSPS) is 30.0. The number of likely N-dealkylation sites (N-methyl/N-ethyl adjacent to an activating group) is 1. The first-order chi connectivity index (χ1) is 8.27. The maximum Gasteiger partial charge on any atom is 0.0594 e. The second kappa shape index (κ2) is 9.86. The van der Waals surface area contributed by atoms with Crippen molar-refractivity contribution in [3.05, 3.63) is 0 Å². The molecule has 0 bridgehead atoms. The first-order valence-corrected chi connectivity index (χ1v) is 7.27. The summed E-state index contributed by atoms with van der Waals surface area (Å²) >= 11 is 0. The molecule has 17 heavy (non-hydrogen) atoms. The highest BCUT2D eigenvalue weighted by Gasteiger charge is 2.32. The van der Waals surface area contributed by atoms with E-state index in [9.17, 15) is 0 Å². The lowest BCUT2D eigenvalue weighted by molar-refractivity contribution is 0.0121. The molecule has 104 valence electrons. The summed E-state index contributed by atoms with van der Waals surface area (Å²) in [6.45, 7) is 17.0. The van der Waals surface area contributed by atoms with Gasteiger partial charge in [0.15, 0.2) is 0 Å². The molecule has 2 fully saturated rings. The van der Waals surface area contributed by atoms with Crippen LogP contribution in [0.4, 0.5) is 0 Å². The van der Waals surface area contributed by atoms with E-state index in [1.165, 1.54) is 13.1 Å². The molecular weight excluding hydrogens is 212 g/mol. The zero-order valence-electron chi connectivity index (χ0n) is 12.7. The average molecular weight is 244 g/mol. The lowest BCUT2D eigenvalue weighted by Gasteiger charge is -2.34. The molecule has 2 rings (SSSR count). The van der Waals surface area contributed by atoms with Crippen LogP contribution in [0.1, 0.15) is 34.6 Å². The van der Waals surface area contributed by atoms with Crippen molar-refractivity contribution in [2.24, 2.45) is 5.92 Å². The quantitative estimate of drug-likeness (QED) is 0.704. The first-order valence-electron chi connectivity index (χ1n) is 7.27. The Hall–Kier alpha value is -0.120. The van der Waals surface area contributed by atoms with Crippen molar-refractivity contribution in [2.75, 3.05) is 46.4 Å². The maximum absolute atomic E-state index is 5.37. The standard InChI is InChI=1S/C10H20N2O.2C2H6/c1-9-7-11(2)8-10(9)12-3-5-13-6-4-12;2*1-2/h9-10H,3-8H2,1-2H3;2*1-2H3. The van der Waals surface area contributed by atoms with Crippen LogP contribution in [0.3, 0.4) is 0 Å². The number of morpholine rings is 1. The van der Waals surface area contributed by atoms with Gasteiger partial charge in [-0.2, -0.15) is 0 Å². The maximum atomic E-state index is 5.37. The van der Waals surface area contributed by atoms with Gasteiger partial charge >= 0.3 is 0 Å². The summed E-state index contributed by atoms with van der Waals surface area (Å²) in [7, 11) is 2.22. The minimum Gasteiger partial charge on any atom is -0.379 e. The van der Waals surface area contributed by atoms with E-state index in [0.717, 1.165) is 38.3 Å². The van der Waals surface area contributed by atoms with Gasteiger partial charge in [-0.3, -0.25) is 4.90 Å². The van der Waals surface area contributed by atoms with Crippen LogP contribution >= 0.6 is 0 Å². The molecule has 2 aliphatic heterocycles. The number of likely N-dealkylation sites (tertiary alicyclic amines) is 1. The summed E-state index contributed by atoms with van der Waals surface area (Å²) in [5.41, 5.74) is 0. The molecule has 0 aromatic rings. The monoisotopic (exact) mass is 244 g/mol. The second-order valence-electron chi connectivity index (χ2n) is 4.41. The van der Waals surface area contributed by atoms with Crippen LogP contribution < -0.4 is 0 Å². The van der Waals surface area contributed by atoms with E-state index in [-0.39, 0.29) is 0 Å². The first kappa shape index (κ1) is 16.9. The fraction of sp³-hybridized carbons (Fsp3) is 1.00. The SMILES string of the molecule is CC.CC.CC1CN(C)CC1N1CCOCC1. The van der Waals surface area contributed by atoms with Crippen LogP contribution in [0.15, 0.2) is 0 Å². The van der Waals surface area contributed by atoms with E-state index in [0.29, 0.717) is 0 Å². The number of hydrogen-bond acceptors (Lipinski definition) is 3. The van der Waals surface area contributed by atoms with Gasteiger partial charge in [0.2, 0.25) is 0 Å². The van der Waals surface area contributed by atoms with E-state index in [2.05, 4.69) is 23.8 Å². The van der Waals surface area contributed by atoms with Gasteiger partial charge in [-0.1, -0.05) is 34.6 Å². The van der Waals surface area contributed by atoms with E-state index >= 15 is 0 Å². The van der Waals surface area contributed by atoms with Gasteiger partial charge in [0.1, 0.15) is 0 Å². The molecule has 2 atom stereocenters. The molecule has 0 aromatic carbocycles. The van der Waals surface area contributed by atoms with Crippen molar-refractivity contribution in [3.8, 4) is 0 Å². The third-order valence-electron chi connectivity index (χ3n) is 3.27. The Morgan fingerprint density at radius 2 is 1.47 bits per heavy atom. The van der Waals surface area contributed by atoms with Crippen LogP contribution in [0.25, 0.3) is 0 Å². The molecule has 0 spiro atoms. The molecule has 3 heteroatoms. The molecule has 0 N–H and O–H groups in total. The Morgan fingerprint density at radius 3 is 1.88 bits per heavy atom. The zero-order valence-corrected chi connectivity index (χ0v) is 12.7. The number of hydrogen-bond donors (Lipinski definition) is 0. The van der Waals surface area contributed by atoms with Gasteiger partial charge in [-0.25, -0.2) is 0 Å². The molecule has 2 heterocycles. The van der Waals surface area contributed by atoms with Crippen molar-refractivity contribution < 1.29 is 4.74 Å². The Balaban J connectivity index is 0.000000581. The van der Waals surface area contributed by atoms with Gasteiger partial charge in [0, 0.05) is 32.2 Å². The van der Waals surface area contributed by atoms with E-state index < -0.39 is 0 Å². The Morgan fingerprint density at radius 1 is 0.941 bits per heavy atom. The van der Waals surface area contributed by atoms with Gasteiger partial charge in [-0.05, 0) is 13.0 Å². The van der Waals surface area contributed by atoms with E-state index in [1.54, 1.807) is 0 Å². The van der Waals surface area contributed by atoms with Gasteiger partial charge in [-0.15, -0.1) is 0 Å². The molecule has 0 aliphatic carbocycles. The summed E-state index contributed by atoms with van der Waals surface area (Å²) in [6, 6.07) is 0.772. The molecule has 2 aliphatic rings. The topological polar surface area (TPSA) is 15.7 Å². The van der Waals surface area contributed by atoms with Crippen LogP contribution in [0.2, 0.25) is 0 Å². The number of nitrogens with zero attached hydrogens (tertiary/aromatic N) is 2. The van der Waals surface area contributed by atoms with E-state index in [4.69, 9.17) is 4.74 Å². The van der Waals surface area contributed by atoms with Crippen molar-refractivity contribution in [2.45, 2.75) is 40.7 Å². The second-order valence-corrected chi connectivity index (χ2v) is 4.41. The molecule has 2 unspecified atom stereocenters. The highest BCUT2D eigenvalue weighted by Crippen LogP contribution is 2.20.